The lowest BCUT2D eigenvalue weighted by molar-refractivity contribution is 0.567. The summed E-state index contributed by atoms with van der Waals surface area (Å²) in [6.45, 7) is 1.82. The van der Waals surface area contributed by atoms with Crippen molar-refractivity contribution in [2.75, 3.05) is 0 Å². The molecular weight excluding hydrogens is 326 g/mol. The molecule has 0 bridgehead atoms. The molecule has 3 nitrogen and oxygen atoms in total. The van der Waals surface area contributed by atoms with Crippen molar-refractivity contribution in [2.24, 2.45) is 0 Å². The summed E-state index contributed by atoms with van der Waals surface area (Å²) in [5.41, 5.74) is 0.932. The summed E-state index contributed by atoms with van der Waals surface area (Å²) in [6.07, 6.45) is 0. The zero-order valence-electron chi connectivity index (χ0n) is 10.4. The molecule has 0 radical (unpaired) electrons. The monoisotopic (exact) mass is 339 g/mol. The fourth-order valence-corrected chi connectivity index (χ4v) is 3.57. The van der Waals surface area contributed by atoms with Crippen molar-refractivity contribution in [3.05, 3.63) is 64.6 Å². The first-order valence-electron chi connectivity index (χ1n) is 5.82. The van der Waals surface area contributed by atoms with Crippen molar-refractivity contribution >= 4 is 26.0 Å². The predicted octanol–water partition coefficient (Wildman–Crippen LogP) is 3.49. The van der Waals surface area contributed by atoms with E-state index in [1.54, 1.807) is 24.3 Å². The number of sulfonamides is 1. The molecule has 0 spiro atoms. The first kappa shape index (κ1) is 14.2. The highest BCUT2D eigenvalue weighted by molar-refractivity contribution is 9.10. The highest BCUT2D eigenvalue weighted by Gasteiger charge is 2.18. The van der Waals surface area contributed by atoms with Crippen LogP contribution in [0.4, 0.5) is 0 Å². The topological polar surface area (TPSA) is 46.2 Å². The Morgan fingerprint density at radius 3 is 2.37 bits per heavy atom. The summed E-state index contributed by atoms with van der Waals surface area (Å²) in [5, 5.41) is 0. The third-order valence-electron chi connectivity index (χ3n) is 2.74. The van der Waals surface area contributed by atoms with Gasteiger partial charge in [0.1, 0.15) is 0 Å². The molecule has 0 fully saturated rings. The standard InChI is InChI=1S/C14H14BrNO2S/c1-11(12-6-3-2-4-7-12)16-19(17,18)14-9-5-8-13(15)10-14/h2-11,16H,1H3. The molecule has 1 N–H and O–H groups in total. The summed E-state index contributed by atoms with van der Waals surface area (Å²) < 4.78 is 27.9. The van der Waals surface area contributed by atoms with Crippen LogP contribution in [0.2, 0.25) is 0 Å². The van der Waals surface area contributed by atoms with Crippen LogP contribution in [0.15, 0.2) is 64.0 Å². The van der Waals surface area contributed by atoms with Gasteiger partial charge in [-0.1, -0.05) is 52.3 Å². The Morgan fingerprint density at radius 1 is 1.05 bits per heavy atom. The van der Waals surface area contributed by atoms with Crippen LogP contribution in [0, 0.1) is 0 Å². The number of benzene rings is 2. The number of hydrogen-bond acceptors (Lipinski definition) is 2. The van der Waals surface area contributed by atoms with Gasteiger partial charge in [0.25, 0.3) is 0 Å². The first-order chi connectivity index (χ1) is 8.99. The molecular formula is C14H14BrNO2S. The minimum absolute atomic E-state index is 0.254. The fraction of sp³-hybridized carbons (Fsp3) is 0.143. The number of halogens is 1. The van der Waals surface area contributed by atoms with Crippen LogP contribution >= 0.6 is 15.9 Å². The Balaban J connectivity index is 2.23. The molecule has 0 heterocycles. The highest BCUT2D eigenvalue weighted by Crippen LogP contribution is 2.19. The average Bonchev–Trinajstić information content (AvgIpc) is 2.39. The predicted molar refractivity (Wildman–Crippen MR) is 79.3 cm³/mol. The van der Waals surface area contributed by atoms with Crippen molar-refractivity contribution in [1.82, 2.24) is 4.72 Å². The molecule has 2 aromatic carbocycles. The second kappa shape index (κ2) is 5.86. The lowest BCUT2D eigenvalue weighted by Crippen LogP contribution is -2.26. The lowest BCUT2D eigenvalue weighted by atomic mass is 10.1. The van der Waals surface area contributed by atoms with Crippen LogP contribution in [0.1, 0.15) is 18.5 Å². The quantitative estimate of drug-likeness (QED) is 0.926. The van der Waals surface area contributed by atoms with Gasteiger partial charge in [0.2, 0.25) is 10.0 Å². The maximum absolute atomic E-state index is 12.2. The minimum Gasteiger partial charge on any atom is -0.207 e. The summed E-state index contributed by atoms with van der Waals surface area (Å²) in [4.78, 5) is 0.254. The van der Waals surface area contributed by atoms with E-state index in [0.717, 1.165) is 10.0 Å². The molecule has 0 aliphatic heterocycles. The van der Waals surface area contributed by atoms with Gasteiger partial charge >= 0.3 is 0 Å². The van der Waals surface area contributed by atoms with Gasteiger partial charge < -0.3 is 0 Å². The summed E-state index contributed by atoms with van der Waals surface area (Å²) >= 11 is 3.27. The van der Waals surface area contributed by atoms with Crippen LogP contribution in [0.5, 0.6) is 0 Å². The van der Waals surface area contributed by atoms with Crippen LogP contribution in [0.3, 0.4) is 0 Å². The summed E-state index contributed by atoms with van der Waals surface area (Å²) in [5.74, 6) is 0. The largest absolute Gasteiger partial charge is 0.241 e. The van der Waals surface area contributed by atoms with E-state index < -0.39 is 10.0 Å². The maximum atomic E-state index is 12.2. The molecule has 0 aromatic heterocycles. The SMILES string of the molecule is CC(NS(=O)(=O)c1cccc(Br)c1)c1ccccc1. The molecule has 2 aromatic rings. The Labute approximate surface area is 121 Å². The molecule has 1 unspecified atom stereocenters. The smallest absolute Gasteiger partial charge is 0.207 e. The van der Waals surface area contributed by atoms with Crippen LogP contribution < -0.4 is 4.72 Å². The van der Waals surface area contributed by atoms with Gasteiger partial charge in [-0.3, -0.25) is 0 Å². The number of rotatable bonds is 4. The second-order valence-electron chi connectivity index (χ2n) is 4.21. The van der Waals surface area contributed by atoms with E-state index in [4.69, 9.17) is 0 Å². The van der Waals surface area contributed by atoms with Crippen molar-refractivity contribution in [3.8, 4) is 0 Å². The van der Waals surface area contributed by atoms with E-state index in [0.29, 0.717) is 0 Å². The Morgan fingerprint density at radius 2 is 1.74 bits per heavy atom. The van der Waals surface area contributed by atoms with Gasteiger partial charge in [0.05, 0.1) is 4.90 Å². The number of hydrogen-bond donors (Lipinski definition) is 1. The Hall–Kier alpha value is -1.17. The minimum atomic E-state index is -3.51. The van der Waals surface area contributed by atoms with Gasteiger partial charge in [-0.25, -0.2) is 13.1 Å². The zero-order chi connectivity index (χ0) is 13.9. The normalized spacial score (nSPS) is 13.2. The lowest BCUT2D eigenvalue weighted by Gasteiger charge is -2.14. The van der Waals surface area contributed by atoms with Crippen LogP contribution in [-0.4, -0.2) is 8.42 Å². The average molecular weight is 340 g/mol. The van der Waals surface area contributed by atoms with E-state index in [1.165, 1.54) is 0 Å². The van der Waals surface area contributed by atoms with Crippen LogP contribution in [0.25, 0.3) is 0 Å². The summed E-state index contributed by atoms with van der Waals surface area (Å²) in [7, 11) is -3.51. The molecule has 0 saturated heterocycles. The van der Waals surface area contributed by atoms with Crippen molar-refractivity contribution in [1.29, 1.82) is 0 Å². The van der Waals surface area contributed by atoms with Gasteiger partial charge in [-0.2, -0.15) is 0 Å². The Kier molecular flexibility index (Phi) is 4.39. The second-order valence-corrected chi connectivity index (χ2v) is 6.84. The van der Waals surface area contributed by atoms with Crippen molar-refractivity contribution < 1.29 is 8.42 Å². The highest BCUT2D eigenvalue weighted by atomic mass is 79.9. The molecule has 0 aliphatic rings. The molecule has 100 valence electrons. The van der Waals surface area contributed by atoms with Gasteiger partial charge in [-0.15, -0.1) is 0 Å². The van der Waals surface area contributed by atoms with E-state index in [9.17, 15) is 8.42 Å². The molecule has 0 amide bonds. The van der Waals surface area contributed by atoms with E-state index in [1.807, 2.05) is 37.3 Å². The fourth-order valence-electron chi connectivity index (χ4n) is 1.74. The van der Waals surface area contributed by atoms with Gasteiger partial charge in [-0.05, 0) is 30.7 Å². The molecule has 19 heavy (non-hydrogen) atoms. The molecule has 5 heteroatoms. The zero-order valence-corrected chi connectivity index (χ0v) is 12.8. The van der Waals surface area contributed by atoms with E-state index in [-0.39, 0.29) is 10.9 Å². The van der Waals surface area contributed by atoms with Crippen molar-refractivity contribution in [2.45, 2.75) is 17.9 Å². The Bertz CT molecular complexity index is 656. The van der Waals surface area contributed by atoms with E-state index in [2.05, 4.69) is 20.7 Å². The molecule has 0 aliphatic carbocycles. The molecule has 0 saturated carbocycles. The van der Waals surface area contributed by atoms with Gasteiger partial charge in [0.15, 0.2) is 0 Å². The number of nitrogens with one attached hydrogen (secondary N) is 1. The van der Waals surface area contributed by atoms with Gasteiger partial charge in [0, 0.05) is 10.5 Å². The third-order valence-corrected chi connectivity index (χ3v) is 4.77. The van der Waals surface area contributed by atoms with Crippen LogP contribution in [-0.2, 0) is 10.0 Å². The van der Waals surface area contributed by atoms with E-state index >= 15 is 0 Å². The van der Waals surface area contributed by atoms with Crippen molar-refractivity contribution in [3.63, 3.8) is 0 Å². The molecule has 1 atom stereocenters. The summed E-state index contributed by atoms with van der Waals surface area (Å²) in [6, 6.07) is 15.8. The third kappa shape index (κ3) is 3.65. The molecule has 2 rings (SSSR count). The maximum Gasteiger partial charge on any atom is 0.241 e. The first-order valence-corrected chi connectivity index (χ1v) is 8.09.